The fourth-order valence-corrected chi connectivity index (χ4v) is 2.72. The number of esters is 1. The van der Waals surface area contributed by atoms with Crippen molar-refractivity contribution in [3.8, 4) is 5.75 Å². The summed E-state index contributed by atoms with van der Waals surface area (Å²) in [4.78, 5) is 23.1. The molecule has 1 N–H and O–H groups in total. The molecule has 0 saturated carbocycles. The molecule has 0 spiro atoms. The smallest absolute Gasteiger partial charge is 0.314 e. The minimum atomic E-state index is -0.471. The highest BCUT2D eigenvalue weighted by molar-refractivity contribution is 5.79. The van der Waals surface area contributed by atoms with E-state index in [0.717, 1.165) is 24.2 Å². The molecule has 2 rings (SSSR count). The van der Waals surface area contributed by atoms with Crippen LogP contribution in [0.25, 0.3) is 0 Å². The fourth-order valence-electron chi connectivity index (χ4n) is 2.72. The predicted molar refractivity (Wildman–Crippen MR) is 114 cm³/mol. The molecule has 0 radical (unpaired) electrons. The Morgan fingerprint density at radius 1 is 1.18 bits per heavy atom. The molecular weight excluding hydrogens is 356 g/mol. The minimum absolute atomic E-state index is 0.163. The van der Waals surface area contributed by atoms with Gasteiger partial charge in [-0.25, -0.2) is 0 Å². The van der Waals surface area contributed by atoms with Gasteiger partial charge in [-0.2, -0.15) is 0 Å². The molecule has 2 atom stereocenters. The second-order valence-corrected chi connectivity index (χ2v) is 5.69. The van der Waals surface area contributed by atoms with Crippen molar-refractivity contribution in [2.45, 2.75) is 60.3 Å². The summed E-state index contributed by atoms with van der Waals surface area (Å²) in [6.45, 7) is 13.4. The van der Waals surface area contributed by atoms with E-state index in [0.29, 0.717) is 19.8 Å². The zero-order valence-corrected chi connectivity index (χ0v) is 18.2. The number of hydrogen-bond acceptors (Lipinski definition) is 6. The van der Waals surface area contributed by atoms with E-state index in [9.17, 15) is 9.70 Å². The van der Waals surface area contributed by atoms with Crippen LogP contribution in [0.4, 0.5) is 0 Å². The lowest BCUT2D eigenvalue weighted by Gasteiger charge is -2.21. The molecule has 0 aromatic heterocycles. The van der Waals surface area contributed by atoms with Gasteiger partial charge in [-0.3, -0.25) is 4.79 Å². The third kappa shape index (κ3) is 8.11. The van der Waals surface area contributed by atoms with Gasteiger partial charge in [-0.15, -0.1) is 4.91 Å². The van der Waals surface area contributed by atoms with Crippen LogP contribution in [0.5, 0.6) is 5.75 Å². The first-order valence-electron chi connectivity index (χ1n) is 10.4. The molecule has 1 heterocycles. The van der Waals surface area contributed by atoms with Gasteiger partial charge in [0.15, 0.2) is 5.82 Å². The van der Waals surface area contributed by atoms with Crippen molar-refractivity contribution in [1.29, 1.82) is 0 Å². The van der Waals surface area contributed by atoms with Gasteiger partial charge in [0.1, 0.15) is 5.75 Å². The van der Waals surface area contributed by atoms with Gasteiger partial charge < -0.3 is 14.8 Å². The zero-order valence-electron chi connectivity index (χ0n) is 18.2. The van der Waals surface area contributed by atoms with Gasteiger partial charge in [-0.1, -0.05) is 53.2 Å². The molecule has 1 aromatic carbocycles. The maximum atomic E-state index is 12.4. The molecule has 1 aliphatic heterocycles. The van der Waals surface area contributed by atoms with Gasteiger partial charge in [0.05, 0.1) is 19.1 Å². The lowest BCUT2D eigenvalue weighted by molar-refractivity contribution is -0.145. The van der Waals surface area contributed by atoms with E-state index >= 15 is 0 Å². The average molecular weight is 393 g/mol. The van der Waals surface area contributed by atoms with Crippen LogP contribution in [0, 0.1) is 10.8 Å². The van der Waals surface area contributed by atoms with E-state index in [1.54, 1.807) is 13.0 Å². The van der Waals surface area contributed by atoms with Crippen LogP contribution >= 0.6 is 0 Å². The van der Waals surface area contributed by atoms with Crippen molar-refractivity contribution in [3.05, 3.63) is 46.6 Å². The summed E-state index contributed by atoms with van der Waals surface area (Å²) in [7, 11) is 0. The highest BCUT2D eigenvalue weighted by Crippen LogP contribution is 2.31. The molecule has 0 bridgehead atoms. The van der Waals surface area contributed by atoms with E-state index in [1.807, 2.05) is 52.0 Å². The molecule has 0 fully saturated rings. The van der Waals surface area contributed by atoms with Crippen LogP contribution in [0.15, 0.2) is 41.3 Å². The van der Waals surface area contributed by atoms with Crippen LogP contribution in [0.3, 0.4) is 0 Å². The van der Waals surface area contributed by atoms with Crippen molar-refractivity contribution in [2.24, 2.45) is 11.1 Å². The van der Waals surface area contributed by atoms with Crippen molar-refractivity contribution in [1.82, 2.24) is 5.32 Å². The van der Waals surface area contributed by atoms with Gasteiger partial charge in [0.25, 0.3) is 0 Å². The Kier molecular flexibility index (Phi) is 14.3. The summed E-state index contributed by atoms with van der Waals surface area (Å²) >= 11 is 0. The van der Waals surface area contributed by atoms with E-state index in [4.69, 9.17) is 9.47 Å². The fraction of sp³-hybridized carbons (Fsp3) is 0.591. The molecule has 2 unspecified atom stereocenters. The summed E-state index contributed by atoms with van der Waals surface area (Å²) in [5, 5.41) is 5.80. The number of nitrogens with zero attached hydrogens (tertiary/aromatic N) is 1. The Morgan fingerprint density at radius 3 is 2.32 bits per heavy atom. The number of carbonyl (C=O) groups is 1. The first kappa shape index (κ1) is 25.6. The second kappa shape index (κ2) is 15.7. The number of carbonyl (C=O) groups excluding carboxylic acids is 1. The predicted octanol–water partition coefficient (Wildman–Crippen LogP) is 5.39. The van der Waals surface area contributed by atoms with Crippen LogP contribution in [0.1, 0.15) is 65.9 Å². The summed E-state index contributed by atoms with van der Waals surface area (Å²) < 4.78 is 10.9. The molecule has 28 heavy (non-hydrogen) atoms. The summed E-state index contributed by atoms with van der Waals surface area (Å²) in [6, 6.07) is 7.48. The minimum Gasteiger partial charge on any atom is -0.494 e. The number of nitrogens with one attached hydrogen (secondary N) is 1. The van der Waals surface area contributed by atoms with Crippen LogP contribution in [0.2, 0.25) is 0 Å². The van der Waals surface area contributed by atoms with E-state index in [-0.39, 0.29) is 17.7 Å². The van der Waals surface area contributed by atoms with Crippen molar-refractivity contribution in [3.63, 3.8) is 0 Å². The lowest BCUT2D eigenvalue weighted by Crippen LogP contribution is -2.26. The molecule has 0 amide bonds. The summed E-state index contributed by atoms with van der Waals surface area (Å²) in [5.74, 6) is 0.122. The van der Waals surface area contributed by atoms with Crippen LogP contribution in [-0.4, -0.2) is 25.7 Å². The molecular formula is C22H36N2O4. The molecule has 0 saturated heterocycles. The van der Waals surface area contributed by atoms with Crippen LogP contribution < -0.4 is 10.1 Å². The number of nitroso groups, excluding NO2 is 1. The molecule has 1 aliphatic rings. The van der Waals surface area contributed by atoms with Crippen LogP contribution in [-0.2, 0) is 9.53 Å². The number of rotatable bonds is 9. The van der Waals surface area contributed by atoms with Crippen molar-refractivity contribution >= 4 is 5.97 Å². The van der Waals surface area contributed by atoms with Gasteiger partial charge in [0.2, 0.25) is 0 Å². The molecule has 1 aromatic rings. The summed E-state index contributed by atoms with van der Waals surface area (Å²) in [5.41, 5.74) is 0.839. The van der Waals surface area contributed by atoms with E-state index < -0.39 is 5.92 Å². The monoisotopic (exact) mass is 392 g/mol. The summed E-state index contributed by atoms with van der Waals surface area (Å²) in [6.07, 6.45) is 3.78. The van der Waals surface area contributed by atoms with E-state index in [1.165, 1.54) is 0 Å². The highest BCUT2D eigenvalue weighted by Gasteiger charge is 2.33. The Hall–Kier alpha value is -2.37. The standard InChI is InChI=1S/C18H24N2O4.2C2H6/c1-3-5-10-24-15-8-6-13(7-9-15)17(18(21)23-4-2)14-11-16(20-22)19-12-14;2*1-2/h6-9,11,14,17,19H,3-5,10,12H2,1-2H3;2*1-2H3. The number of unbranched alkanes of at least 4 members (excludes halogenated alkanes) is 1. The Morgan fingerprint density at radius 2 is 1.82 bits per heavy atom. The number of hydrogen-bond donors (Lipinski definition) is 1. The van der Waals surface area contributed by atoms with Gasteiger partial charge >= 0.3 is 5.97 Å². The third-order valence-corrected chi connectivity index (χ3v) is 3.96. The number of benzene rings is 1. The lowest BCUT2D eigenvalue weighted by atomic mass is 9.86. The van der Waals surface area contributed by atoms with E-state index in [2.05, 4.69) is 17.4 Å². The Bertz CT molecular complexity index is 585. The maximum Gasteiger partial charge on any atom is 0.314 e. The van der Waals surface area contributed by atoms with Gasteiger partial charge in [-0.05, 0) is 42.3 Å². The maximum absolute atomic E-state index is 12.4. The second-order valence-electron chi connectivity index (χ2n) is 5.69. The Labute approximate surface area is 169 Å². The Balaban J connectivity index is 0.00000171. The quantitative estimate of drug-likeness (QED) is 0.346. The topological polar surface area (TPSA) is 77.0 Å². The highest BCUT2D eigenvalue weighted by atomic mass is 16.5. The van der Waals surface area contributed by atoms with Crippen molar-refractivity contribution < 1.29 is 14.3 Å². The van der Waals surface area contributed by atoms with Crippen molar-refractivity contribution in [2.75, 3.05) is 19.8 Å². The molecule has 6 nitrogen and oxygen atoms in total. The first-order valence-corrected chi connectivity index (χ1v) is 10.4. The normalized spacial score (nSPS) is 15.5. The first-order chi connectivity index (χ1) is 13.7. The molecule has 0 aliphatic carbocycles. The molecule has 158 valence electrons. The SMILES string of the molecule is CC.CC.CCCCOc1ccc(C(C(=O)OCC)C2C=C(N=O)NC2)cc1. The number of ether oxygens (including phenoxy) is 2. The largest absolute Gasteiger partial charge is 0.494 e. The third-order valence-electron chi connectivity index (χ3n) is 3.96. The zero-order chi connectivity index (χ0) is 21.4. The average Bonchev–Trinajstić information content (AvgIpc) is 3.21. The molecule has 6 heteroatoms. The van der Waals surface area contributed by atoms with Gasteiger partial charge in [0, 0.05) is 12.5 Å².